The molecule has 2 atom stereocenters. The highest BCUT2D eigenvalue weighted by molar-refractivity contribution is 5.40. The van der Waals surface area contributed by atoms with Gasteiger partial charge in [0.1, 0.15) is 5.75 Å². The molecule has 1 aliphatic heterocycles. The van der Waals surface area contributed by atoms with Crippen molar-refractivity contribution in [2.75, 3.05) is 26.2 Å². The molecule has 0 radical (unpaired) electrons. The molecule has 0 amide bonds. The second-order valence-electron chi connectivity index (χ2n) is 5.82. The van der Waals surface area contributed by atoms with Crippen LogP contribution in [0.5, 0.6) is 5.75 Å². The Hall–Kier alpha value is -1.06. The molecule has 0 aromatic heterocycles. The average molecular weight is 276 g/mol. The summed E-state index contributed by atoms with van der Waals surface area (Å²) in [7, 11) is 0. The molecule has 3 nitrogen and oxygen atoms in total. The third kappa shape index (κ3) is 3.33. The second-order valence-corrected chi connectivity index (χ2v) is 5.82. The number of likely N-dealkylation sites (N-methyl/N-ethyl adjacent to an activating group) is 1. The van der Waals surface area contributed by atoms with Crippen molar-refractivity contribution in [1.29, 1.82) is 0 Å². The lowest BCUT2D eigenvalue weighted by Crippen LogP contribution is -2.36. The van der Waals surface area contributed by atoms with Gasteiger partial charge in [-0.25, -0.2) is 0 Å². The maximum Gasteiger partial charge on any atom is 0.122 e. The van der Waals surface area contributed by atoms with Gasteiger partial charge in [0, 0.05) is 25.6 Å². The van der Waals surface area contributed by atoms with E-state index in [1.165, 1.54) is 17.5 Å². The third-order valence-corrected chi connectivity index (χ3v) is 4.41. The second kappa shape index (κ2) is 7.09. The Balaban J connectivity index is 2.17. The average Bonchev–Trinajstić information content (AvgIpc) is 2.94. The molecule has 0 fully saturated rings. The molecule has 0 aliphatic carbocycles. The van der Waals surface area contributed by atoms with Crippen LogP contribution in [0, 0.1) is 5.92 Å². The van der Waals surface area contributed by atoms with Crippen LogP contribution in [0.15, 0.2) is 18.2 Å². The molecule has 0 saturated heterocycles. The number of ether oxygens (including phenoxy) is 1. The van der Waals surface area contributed by atoms with Crippen LogP contribution < -0.4 is 10.5 Å². The minimum absolute atomic E-state index is 0.319. The van der Waals surface area contributed by atoms with Crippen molar-refractivity contribution < 1.29 is 4.74 Å². The summed E-state index contributed by atoms with van der Waals surface area (Å²) in [5, 5.41) is 0. The van der Waals surface area contributed by atoms with Gasteiger partial charge >= 0.3 is 0 Å². The van der Waals surface area contributed by atoms with Crippen LogP contribution in [-0.2, 0) is 6.42 Å². The van der Waals surface area contributed by atoms with Crippen LogP contribution in [0.25, 0.3) is 0 Å². The van der Waals surface area contributed by atoms with E-state index in [2.05, 4.69) is 43.9 Å². The Morgan fingerprint density at radius 2 is 2.15 bits per heavy atom. The number of nitrogens with two attached hydrogens (primary N) is 1. The summed E-state index contributed by atoms with van der Waals surface area (Å²) in [4.78, 5) is 2.51. The Morgan fingerprint density at radius 1 is 1.35 bits per heavy atom. The summed E-state index contributed by atoms with van der Waals surface area (Å²) in [6.07, 6.45) is 2.24. The number of nitrogens with zero attached hydrogens (tertiary/aromatic N) is 1. The highest BCUT2D eigenvalue weighted by Gasteiger charge is 2.21. The Kier molecular flexibility index (Phi) is 5.44. The molecule has 1 aromatic rings. The Morgan fingerprint density at radius 3 is 2.80 bits per heavy atom. The van der Waals surface area contributed by atoms with E-state index < -0.39 is 0 Å². The lowest BCUT2D eigenvalue weighted by Gasteiger charge is -2.32. The summed E-state index contributed by atoms with van der Waals surface area (Å²) in [6, 6.07) is 6.90. The van der Waals surface area contributed by atoms with Gasteiger partial charge in [-0.1, -0.05) is 39.3 Å². The summed E-state index contributed by atoms with van der Waals surface area (Å²) < 4.78 is 5.59. The van der Waals surface area contributed by atoms with Gasteiger partial charge in [-0.15, -0.1) is 0 Å². The third-order valence-electron chi connectivity index (χ3n) is 4.41. The van der Waals surface area contributed by atoms with Gasteiger partial charge in [-0.05, 0) is 29.7 Å². The van der Waals surface area contributed by atoms with E-state index in [0.29, 0.717) is 18.5 Å². The monoisotopic (exact) mass is 276 g/mol. The normalized spacial score (nSPS) is 16.9. The van der Waals surface area contributed by atoms with Gasteiger partial charge in [0.25, 0.3) is 0 Å². The van der Waals surface area contributed by atoms with E-state index >= 15 is 0 Å². The van der Waals surface area contributed by atoms with Gasteiger partial charge in [0.05, 0.1) is 6.61 Å². The van der Waals surface area contributed by atoms with E-state index in [4.69, 9.17) is 10.5 Å². The first-order chi connectivity index (χ1) is 9.69. The molecule has 2 unspecified atom stereocenters. The van der Waals surface area contributed by atoms with Crippen LogP contribution in [-0.4, -0.2) is 31.1 Å². The molecular weight excluding hydrogens is 248 g/mol. The minimum atomic E-state index is 0.319. The molecule has 3 heteroatoms. The van der Waals surface area contributed by atoms with E-state index in [1.807, 2.05) is 0 Å². The summed E-state index contributed by atoms with van der Waals surface area (Å²) in [5.74, 6) is 1.76. The van der Waals surface area contributed by atoms with E-state index in [0.717, 1.165) is 31.9 Å². The number of rotatable bonds is 7. The van der Waals surface area contributed by atoms with Crippen LogP contribution in [0.4, 0.5) is 0 Å². The molecule has 112 valence electrons. The Labute approximate surface area is 123 Å². The molecule has 1 aromatic carbocycles. The molecule has 2 N–H and O–H groups in total. The summed E-state index contributed by atoms with van der Waals surface area (Å²) >= 11 is 0. The van der Waals surface area contributed by atoms with Gasteiger partial charge in [-0.3, -0.25) is 4.90 Å². The number of fused-ring (bicyclic) bond motifs is 1. The summed E-state index contributed by atoms with van der Waals surface area (Å²) in [6.45, 7) is 10.4. The zero-order valence-corrected chi connectivity index (χ0v) is 13.1. The number of benzene rings is 1. The molecule has 0 spiro atoms. The van der Waals surface area contributed by atoms with Crippen molar-refractivity contribution >= 4 is 0 Å². The number of hydrogen-bond donors (Lipinski definition) is 1. The van der Waals surface area contributed by atoms with Crippen LogP contribution >= 0.6 is 0 Å². The zero-order valence-electron chi connectivity index (χ0n) is 13.1. The molecule has 1 heterocycles. The predicted octanol–water partition coefficient (Wildman–Crippen LogP) is 2.99. The molecule has 0 bridgehead atoms. The van der Waals surface area contributed by atoms with Crippen molar-refractivity contribution in [2.24, 2.45) is 11.7 Å². The first kappa shape index (κ1) is 15.3. The maximum atomic E-state index is 6.07. The highest BCUT2D eigenvalue weighted by atomic mass is 16.5. The van der Waals surface area contributed by atoms with Gasteiger partial charge in [0.2, 0.25) is 0 Å². The van der Waals surface area contributed by atoms with Gasteiger partial charge in [-0.2, -0.15) is 0 Å². The zero-order chi connectivity index (χ0) is 14.5. The van der Waals surface area contributed by atoms with Crippen molar-refractivity contribution in [3.8, 4) is 5.75 Å². The van der Waals surface area contributed by atoms with Gasteiger partial charge in [0.15, 0.2) is 0 Å². The fourth-order valence-corrected chi connectivity index (χ4v) is 2.92. The van der Waals surface area contributed by atoms with E-state index in [1.54, 1.807) is 0 Å². The van der Waals surface area contributed by atoms with Crippen molar-refractivity contribution in [3.63, 3.8) is 0 Å². The van der Waals surface area contributed by atoms with Crippen LogP contribution in [0.2, 0.25) is 0 Å². The van der Waals surface area contributed by atoms with Gasteiger partial charge < -0.3 is 10.5 Å². The van der Waals surface area contributed by atoms with Crippen LogP contribution in [0.3, 0.4) is 0 Å². The fraction of sp³-hybridized carbons (Fsp3) is 0.647. The van der Waals surface area contributed by atoms with Crippen molar-refractivity contribution in [2.45, 2.75) is 39.7 Å². The molecule has 20 heavy (non-hydrogen) atoms. The molecular formula is C17H28N2O. The number of hydrogen-bond acceptors (Lipinski definition) is 3. The predicted molar refractivity (Wildman–Crippen MR) is 84.1 cm³/mol. The maximum absolute atomic E-state index is 6.07. The molecule has 0 saturated carbocycles. The lowest BCUT2D eigenvalue weighted by atomic mass is 9.99. The highest BCUT2D eigenvalue weighted by Crippen LogP contribution is 2.30. The first-order valence-corrected chi connectivity index (χ1v) is 7.89. The van der Waals surface area contributed by atoms with Crippen LogP contribution in [0.1, 0.15) is 44.4 Å². The molecule has 1 aliphatic rings. The SMILES string of the molecule is CCC(C)CN(CC)C(CN)c1ccc2c(c1)CCO2. The lowest BCUT2D eigenvalue weighted by molar-refractivity contribution is 0.182. The van der Waals surface area contributed by atoms with E-state index in [-0.39, 0.29) is 0 Å². The molecule has 2 rings (SSSR count). The first-order valence-electron chi connectivity index (χ1n) is 7.89. The van der Waals surface area contributed by atoms with Crippen molar-refractivity contribution in [1.82, 2.24) is 4.90 Å². The Bertz CT molecular complexity index is 433. The largest absolute Gasteiger partial charge is 0.493 e. The van der Waals surface area contributed by atoms with Crippen molar-refractivity contribution in [3.05, 3.63) is 29.3 Å². The fourth-order valence-electron chi connectivity index (χ4n) is 2.92. The topological polar surface area (TPSA) is 38.5 Å². The standard InChI is InChI=1S/C17H28N2O/c1-4-13(3)12-19(5-2)16(11-18)14-6-7-17-15(10-14)8-9-20-17/h6-7,10,13,16H,4-5,8-9,11-12,18H2,1-3H3. The smallest absolute Gasteiger partial charge is 0.122 e. The summed E-state index contributed by atoms with van der Waals surface area (Å²) in [5.41, 5.74) is 8.74. The quantitative estimate of drug-likeness (QED) is 0.832. The minimum Gasteiger partial charge on any atom is -0.493 e. The van der Waals surface area contributed by atoms with E-state index in [9.17, 15) is 0 Å².